The van der Waals surface area contributed by atoms with Gasteiger partial charge in [0, 0.05) is 15.6 Å². The van der Waals surface area contributed by atoms with E-state index in [2.05, 4.69) is 15.9 Å². The second-order valence-electron chi connectivity index (χ2n) is 4.87. The molecule has 6 heteroatoms. The van der Waals surface area contributed by atoms with Gasteiger partial charge in [-0.25, -0.2) is 0 Å². The molecule has 0 heterocycles. The molecule has 0 bridgehead atoms. The molecule has 2 aromatic rings. The van der Waals surface area contributed by atoms with Gasteiger partial charge in [-0.1, -0.05) is 58.4 Å². The molecule has 4 nitrogen and oxygen atoms in total. The molecular formula is C18H15BrO4S. The summed E-state index contributed by atoms with van der Waals surface area (Å²) >= 11 is 4.48. The number of hydrogen-bond acceptors (Lipinski definition) is 5. The number of Topliss-reactive ketones (excluding diaryl/α,β-unsaturated/α-hetero) is 2. The molecular weight excluding hydrogens is 392 g/mol. The lowest BCUT2D eigenvalue weighted by atomic mass is 10.1. The van der Waals surface area contributed by atoms with Crippen molar-refractivity contribution in [2.75, 3.05) is 18.1 Å². The van der Waals surface area contributed by atoms with Crippen LogP contribution in [-0.2, 0) is 9.53 Å². The fourth-order valence-electron chi connectivity index (χ4n) is 1.84. The van der Waals surface area contributed by atoms with Crippen molar-refractivity contribution in [3.8, 4) is 0 Å². The highest BCUT2D eigenvalue weighted by Crippen LogP contribution is 2.13. The number of thioether (sulfide) groups is 1. The fraction of sp³-hybridized carbons (Fsp3) is 0.167. The molecule has 0 radical (unpaired) electrons. The van der Waals surface area contributed by atoms with E-state index in [-0.39, 0.29) is 29.7 Å². The number of carbonyl (C=O) groups excluding carboxylic acids is 3. The Hall–Kier alpha value is -1.92. The third-order valence-electron chi connectivity index (χ3n) is 3.08. The Morgan fingerprint density at radius 2 is 1.46 bits per heavy atom. The minimum Gasteiger partial charge on any atom is -0.457 e. The lowest BCUT2D eigenvalue weighted by molar-refractivity contribution is -0.139. The maximum Gasteiger partial charge on any atom is 0.316 e. The Morgan fingerprint density at radius 1 is 0.833 bits per heavy atom. The summed E-state index contributed by atoms with van der Waals surface area (Å²) in [5.41, 5.74) is 1.10. The van der Waals surface area contributed by atoms with Gasteiger partial charge in [-0.2, -0.15) is 0 Å². The predicted octanol–water partition coefficient (Wildman–Crippen LogP) is 3.79. The van der Waals surface area contributed by atoms with E-state index in [1.165, 1.54) is 11.8 Å². The molecule has 0 amide bonds. The topological polar surface area (TPSA) is 60.4 Å². The van der Waals surface area contributed by atoms with E-state index in [0.29, 0.717) is 11.1 Å². The van der Waals surface area contributed by atoms with Gasteiger partial charge in [0.25, 0.3) is 0 Å². The summed E-state index contributed by atoms with van der Waals surface area (Å²) in [6, 6.07) is 15.7. The van der Waals surface area contributed by atoms with Crippen molar-refractivity contribution in [1.29, 1.82) is 0 Å². The van der Waals surface area contributed by atoms with Crippen LogP contribution in [0.4, 0.5) is 0 Å². The average Bonchev–Trinajstić information content (AvgIpc) is 2.61. The third kappa shape index (κ3) is 5.94. The van der Waals surface area contributed by atoms with Crippen molar-refractivity contribution in [2.24, 2.45) is 0 Å². The molecule has 2 rings (SSSR count). The van der Waals surface area contributed by atoms with E-state index >= 15 is 0 Å². The summed E-state index contributed by atoms with van der Waals surface area (Å²) in [6.45, 7) is -0.288. The zero-order chi connectivity index (χ0) is 17.4. The molecule has 0 atom stereocenters. The second-order valence-corrected chi connectivity index (χ2v) is 6.77. The zero-order valence-electron chi connectivity index (χ0n) is 12.7. The highest BCUT2D eigenvalue weighted by Gasteiger charge is 2.11. The molecule has 0 spiro atoms. The number of rotatable bonds is 8. The van der Waals surface area contributed by atoms with Crippen molar-refractivity contribution >= 4 is 45.2 Å². The van der Waals surface area contributed by atoms with Crippen molar-refractivity contribution in [2.45, 2.75) is 0 Å². The molecule has 0 saturated heterocycles. The first-order valence-electron chi connectivity index (χ1n) is 7.16. The highest BCUT2D eigenvalue weighted by atomic mass is 79.9. The highest BCUT2D eigenvalue weighted by molar-refractivity contribution is 9.10. The van der Waals surface area contributed by atoms with E-state index in [1.807, 2.05) is 6.07 Å². The lowest BCUT2D eigenvalue weighted by Gasteiger charge is -2.04. The number of ketones is 2. The van der Waals surface area contributed by atoms with Crippen molar-refractivity contribution in [1.82, 2.24) is 0 Å². The first-order valence-corrected chi connectivity index (χ1v) is 9.11. The van der Waals surface area contributed by atoms with Gasteiger partial charge in [0.05, 0.1) is 11.5 Å². The van der Waals surface area contributed by atoms with Gasteiger partial charge >= 0.3 is 5.97 Å². The first kappa shape index (κ1) is 18.4. The molecule has 24 heavy (non-hydrogen) atoms. The number of benzene rings is 2. The number of halogens is 1. The normalized spacial score (nSPS) is 10.2. The monoisotopic (exact) mass is 406 g/mol. The van der Waals surface area contributed by atoms with Gasteiger partial charge in [0.2, 0.25) is 0 Å². The molecule has 0 aliphatic heterocycles. The van der Waals surface area contributed by atoms with Crippen LogP contribution in [0.1, 0.15) is 20.7 Å². The van der Waals surface area contributed by atoms with Crippen LogP contribution in [0.25, 0.3) is 0 Å². The van der Waals surface area contributed by atoms with Gasteiger partial charge in [-0.15, -0.1) is 11.8 Å². The maximum atomic E-state index is 11.9. The zero-order valence-corrected chi connectivity index (χ0v) is 15.1. The van der Waals surface area contributed by atoms with E-state index in [4.69, 9.17) is 4.74 Å². The first-order chi connectivity index (χ1) is 11.6. The Balaban J connectivity index is 1.69. The molecule has 0 aromatic heterocycles. The quantitative estimate of drug-likeness (QED) is 0.492. The van der Waals surface area contributed by atoms with Crippen LogP contribution in [0.15, 0.2) is 59.1 Å². The van der Waals surface area contributed by atoms with Crippen LogP contribution in [0.5, 0.6) is 0 Å². The van der Waals surface area contributed by atoms with Gasteiger partial charge in [0.15, 0.2) is 18.2 Å². The smallest absolute Gasteiger partial charge is 0.316 e. The molecule has 0 unspecified atom stereocenters. The van der Waals surface area contributed by atoms with Crippen LogP contribution in [0, 0.1) is 0 Å². The molecule has 0 saturated carbocycles. The number of carbonyl (C=O) groups is 3. The van der Waals surface area contributed by atoms with Crippen LogP contribution < -0.4 is 0 Å². The fourth-order valence-corrected chi connectivity index (χ4v) is 2.81. The summed E-state index contributed by atoms with van der Waals surface area (Å²) in [5, 5.41) is 0. The number of esters is 1. The maximum absolute atomic E-state index is 11.9. The molecule has 2 aromatic carbocycles. The number of ether oxygens (including phenoxy) is 1. The average molecular weight is 407 g/mol. The summed E-state index contributed by atoms with van der Waals surface area (Å²) in [5.74, 6) is -0.596. The van der Waals surface area contributed by atoms with Gasteiger partial charge in [-0.3, -0.25) is 14.4 Å². The van der Waals surface area contributed by atoms with Gasteiger partial charge < -0.3 is 4.74 Å². The molecule has 0 fully saturated rings. The molecule has 0 aliphatic carbocycles. The summed E-state index contributed by atoms with van der Waals surface area (Å²) in [7, 11) is 0. The molecule has 124 valence electrons. The van der Waals surface area contributed by atoms with E-state index in [1.54, 1.807) is 48.5 Å². The summed E-state index contributed by atoms with van der Waals surface area (Å²) in [6.07, 6.45) is 0. The second kappa shape index (κ2) is 9.39. The van der Waals surface area contributed by atoms with Crippen molar-refractivity contribution < 1.29 is 19.1 Å². The number of hydrogen-bond donors (Lipinski definition) is 0. The third-order valence-corrected chi connectivity index (χ3v) is 4.51. The molecule has 0 aliphatic rings. The van der Waals surface area contributed by atoms with Gasteiger partial charge in [-0.05, 0) is 12.1 Å². The Morgan fingerprint density at radius 3 is 2.12 bits per heavy atom. The van der Waals surface area contributed by atoms with Crippen LogP contribution in [0.2, 0.25) is 0 Å². The minimum atomic E-state index is -0.507. The Kier molecular flexibility index (Phi) is 7.21. The standard InChI is InChI=1S/C18H15BrO4S/c19-15-8-6-14(7-9-15)17(21)11-24-12-18(22)23-10-16(20)13-4-2-1-3-5-13/h1-9H,10-12H2. The van der Waals surface area contributed by atoms with E-state index < -0.39 is 5.97 Å². The van der Waals surface area contributed by atoms with Gasteiger partial charge in [0.1, 0.15) is 0 Å². The van der Waals surface area contributed by atoms with E-state index in [9.17, 15) is 14.4 Å². The SMILES string of the molecule is O=C(CSCC(=O)c1ccc(Br)cc1)OCC(=O)c1ccccc1. The molecule has 0 N–H and O–H groups in total. The minimum absolute atomic E-state index is 0.0321. The summed E-state index contributed by atoms with van der Waals surface area (Å²) < 4.78 is 5.84. The predicted molar refractivity (Wildman–Crippen MR) is 97.5 cm³/mol. The Labute approximate surface area is 152 Å². The Bertz CT molecular complexity index is 714. The van der Waals surface area contributed by atoms with E-state index in [0.717, 1.165) is 4.47 Å². The van der Waals surface area contributed by atoms with Crippen LogP contribution >= 0.6 is 27.7 Å². The van der Waals surface area contributed by atoms with Crippen molar-refractivity contribution in [3.63, 3.8) is 0 Å². The van der Waals surface area contributed by atoms with Crippen LogP contribution in [-0.4, -0.2) is 35.6 Å². The largest absolute Gasteiger partial charge is 0.457 e. The lowest BCUT2D eigenvalue weighted by Crippen LogP contribution is -2.16. The summed E-state index contributed by atoms with van der Waals surface area (Å²) in [4.78, 5) is 35.4. The van der Waals surface area contributed by atoms with Crippen LogP contribution in [0.3, 0.4) is 0 Å². The van der Waals surface area contributed by atoms with Crippen molar-refractivity contribution in [3.05, 3.63) is 70.2 Å².